The van der Waals surface area contributed by atoms with Crippen molar-refractivity contribution in [3.8, 4) is 0 Å². The number of aliphatic hydroxyl groups is 3. The fourth-order valence-electron chi connectivity index (χ4n) is 1.62. The lowest BCUT2D eigenvalue weighted by atomic mass is 9.98. The molecule has 1 heterocycles. The van der Waals surface area contributed by atoms with Gasteiger partial charge < -0.3 is 25.0 Å². The van der Waals surface area contributed by atoms with E-state index in [1.165, 1.54) is 7.05 Å². The standard InChI is InChI=1S/C10H17NO5/c1-4-6(12)11(3)10-9(15)8(14)7(13)5(2)16-10/h4-5,7-10,13-15H,1H2,2-3H3/t5-,7-,8+,9+,10-/m1/s1. The summed E-state index contributed by atoms with van der Waals surface area (Å²) in [6, 6.07) is 0. The lowest BCUT2D eigenvalue weighted by Gasteiger charge is -2.42. The number of ether oxygens (including phenoxy) is 1. The number of carbonyl (C=O) groups is 1. The minimum atomic E-state index is -1.35. The molecular formula is C10H17NO5. The first-order valence-corrected chi connectivity index (χ1v) is 4.99. The molecule has 0 aromatic rings. The van der Waals surface area contributed by atoms with E-state index in [1.54, 1.807) is 6.92 Å². The van der Waals surface area contributed by atoms with Gasteiger partial charge in [-0.1, -0.05) is 6.58 Å². The molecule has 6 nitrogen and oxygen atoms in total. The molecule has 92 valence electrons. The molecule has 0 aliphatic carbocycles. The highest BCUT2D eigenvalue weighted by Crippen LogP contribution is 2.22. The van der Waals surface area contributed by atoms with Crippen LogP contribution in [0.3, 0.4) is 0 Å². The first kappa shape index (κ1) is 13.1. The van der Waals surface area contributed by atoms with Gasteiger partial charge in [-0.15, -0.1) is 0 Å². The molecule has 3 N–H and O–H groups in total. The minimum absolute atomic E-state index is 0.431. The van der Waals surface area contributed by atoms with E-state index >= 15 is 0 Å². The van der Waals surface area contributed by atoms with E-state index in [2.05, 4.69) is 6.58 Å². The van der Waals surface area contributed by atoms with Crippen LogP contribution in [0.1, 0.15) is 6.92 Å². The quantitative estimate of drug-likeness (QED) is 0.501. The highest BCUT2D eigenvalue weighted by atomic mass is 16.5. The number of likely N-dealkylation sites (N-methyl/N-ethyl adjacent to an activating group) is 1. The van der Waals surface area contributed by atoms with Crippen molar-refractivity contribution >= 4 is 5.91 Å². The molecule has 1 rings (SSSR count). The molecule has 1 amide bonds. The predicted octanol–water partition coefficient (Wildman–Crippen LogP) is -1.54. The summed E-state index contributed by atoms with van der Waals surface area (Å²) in [7, 11) is 1.43. The van der Waals surface area contributed by atoms with E-state index in [1.807, 2.05) is 0 Å². The molecule has 1 fully saturated rings. The molecule has 0 spiro atoms. The second-order valence-corrected chi connectivity index (χ2v) is 3.86. The average Bonchev–Trinajstić information content (AvgIpc) is 2.29. The predicted molar refractivity (Wildman–Crippen MR) is 55.3 cm³/mol. The summed E-state index contributed by atoms with van der Waals surface area (Å²) in [5.74, 6) is -0.431. The molecule has 0 aromatic carbocycles. The fourth-order valence-corrected chi connectivity index (χ4v) is 1.62. The molecule has 0 saturated carbocycles. The van der Waals surface area contributed by atoms with Crippen molar-refractivity contribution in [3.63, 3.8) is 0 Å². The number of amides is 1. The van der Waals surface area contributed by atoms with Gasteiger partial charge in [0.2, 0.25) is 5.91 Å². The number of carbonyl (C=O) groups excluding carboxylic acids is 1. The Morgan fingerprint density at radius 2 is 1.88 bits per heavy atom. The van der Waals surface area contributed by atoms with E-state index in [9.17, 15) is 20.1 Å². The molecule has 1 aliphatic rings. The smallest absolute Gasteiger partial charge is 0.247 e. The second kappa shape index (κ2) is 4.92. The third-order valence-electron chi connectivity index (χ3n) is 2.73. The van der Waals surface area contributed by atoms with E-state index in [-0.39, 0.29) is 0 Å². The number of rotatable bonds is 2. The van der Waals surface area contributed by atoms with Crippen LogP contribution in [0.25, 0.3) is 0 Å². The Labute approximate surface area is 93.7 Å². The van der Waals surface area contributed by atoms with Crippen molar-refractivity contribution in [1.82, 2.24) is 4.90 Å². The minimum Gasteiger partial charge on any atom is -0.388 e. The van der Waals surface area contributed by atoms with Crippen molar-refractivity contribution in [3.05, 3.63) is 12.7 Å². The molecule has 1 saturated heterocycles. The summed E-state index contributed by atoms with van der Waals surface area (Å²) in [5.41, 5.74) is 0. The van der Waals surface area contributed by atoms with Gasteiger partial charge in [0.05, 0.1) is 6.10 Å². The maximum atomic E-state index is 11.3. The Kier molecular flexibility index (Phi) is 4.03. The largest absolute Gasteiger partial charge is 0.388 e. The Hall–Kier alpha value is -0.950. The summed E-state index contributed by atoms with van der Waals surface area (Å²) in [6.45, 7) is 4.87. The molecule has 1 aliphatic heterocycles. The van der Waals surface area contributed by atoms with Gasteiger partial charge in [0.1, 0.15) is 18.3 Å². The van der Waals surface area contributed by atoms with Gasteiger partial charge in [-0.2, -0.15) is 0 Å². The molecule has 16 heavy (non-hydrogen) atoms. The highest BCUT2D eigenvalue weighted by Gasteiger charge is 2.44. The van der Waals surface area contributed by atoms with E-state index in [0.717, 1.165) is 11.0 Å². The van der Waals surface area contributed by atoms with Crippen molar-refractivity contribution in [2.45, 2.75) is 37.6 Å². The van der Waals surface area contributed by atoms with Gasteiger partial charge in [0.15, 0.2) is 6.23 Å². The third kappa shape index (κ3) is 2.25. The van der Waals surface area contributed by atoms with Gasteiger partial charge in [-0.25, -0.2) is 0 Å². The molecule has 6 heteroatoms. The zero-order valence-electron chi connectivity index (χ0n) is 9.28. The van der Waals surface area contributed by atoms with Crippen molar-refractivity contribution in [1.29, 1.82) is 0 Å². The Morgan fingerprint density at radius 3 is 2.38 bits per heavy atom. The maximum absolute atomic E-state index is 11.3. The van der Waals surface area contributed by atoms with Gasteiger partial charge in [-0.05, 0) is 13.0 Å². The topological polar surface area (TPSA) is 90.2 Å². The van der Waals surface area contributed by atoms with Crippen LogP contribution in [0.15, 0.2) is 12.7 Å². The summed E-state index contributed by atoms with van der Waals surface area (Å²) in [4.78, 5) is 12.5. The van der Waals surface area contributed by atoms with Crippen LogP contribution in [0.4, 0.5) is 0 Å². The molecule has 0 radical (unpaired) electrons. The Morgan fingerprint density at radius 1 is 1.31 bits per heavy atom. The van der Waals surface area contributed by atoms with Crippen molar-refractivity contribution < 1.29 is 24.9 Å². The number of nitrogens with zero attached hydrogens (tertiary/aromatic N) is 1. The van der Waals surface area contributed by atoms with Crippen LogP contribution in [-0.4, -0.2) is 63.8 Å². The van der Waals surface area contributed by atoms with Crippen molar-refractivity contribution in [2.75, 3.05) is 7.05 Å². The van der Waals surface area contributed by atoms with E-state index < -0.39 is 36.6 Å². The summed E-state index contributed by atoms with van der Waals surface area (Å²) in [6.07, 6.45) is -4.42. The van der Waals surface area contributed by atoms with Crippen LogP contribution in [0.2, 0.25) is 0 Å². The normalized spacial score (nSPS) is 39.2. The molecule has 0 unspecified atom stereocenters. The van der Waals surface area contributed by atoms with E-state index in [4.69, 9.17) is 4.74 Å². The molecule has 5 atom stereocenters. The first-order valence-electron chi connectivity index (χ1n) is 4.99. The van der Waals surface area contributed by atoms with Crippen molar-refractivity contribution in [2.24, 2.45) is 0 Å². The number of hydrogen-bond donors (Lipinski definition) is 3. The number of aliphatic hydroxyl groups excluding tert-OH is 3. The summed E-state index contributed by atoms with van der Waals surface area (Å²) in [5, 5.41) is 28.7. The molecule has 0 aromatic heterocycles. The second-order valence-electron chi connectivity index (χ2n) is 3.86. The monoisotopic (exact) mass is 231 g/mol. The molecule has 0 bridgehead atoms. The lowest BCUT2D eigenvalue weighted by molar-refractivity contribution is -0.248. The molecular weight excluding hydrogens is 214 g/mol. The highest BCUT2D eigenvalue weighted by molar-refractivity contribution is 5.86. The van der Waals surface area contributed by atoms with Crippen LogP contribution in [0, 0.1) is 0 Å². The fraction of sp³-hybridized carbons (Fsp3) is 0.700. The summed E-state index contributed by atoms with van der Waals surface area (Å²) >= 11 is 0. The average molecular weight is 231 g/mol. The first-order chi connectivity index (χ1) is 7.40. The zero-order chi connectivity index (χ0) is 12.5. The van der Waals surface area contributed by atoms with E-state index in [0.29, 0.717) is 0 Å². The Balaban J connectivity index is 2.81. The van der Waals surface area contributed by atoms with Crippen LogP contribution in [0.5, 0.6) is 0 Å². The van der Waals surface area contributed by atoms with Gasteiger partial charge in [-0.3, -0.25) is 4.79 Å². The van der Waals surface area contributed by atoms with Gasteiger partial charge >= 0.3 is 0 Å². The van der Waals surface area contributed by atoms with Gasteiger partial charge in [0.25, 0.3) is 0 Å². The number of hydrogen-bond acceptors (Lipinski definition) is 5. The zero-order valence-corrected chi connectivity index (χ0v) is 9.28. The van der Waals surface area contributed by atoms with Crippen LogP contribution >= 0.6 is 0 Å². The Bertz CT molecular complexity index is 282. The SMILES string of the molecule is C=CC(=O)N(C)[C@@H]1O[C@H](C)[C@@H](O)[C@H](O)[C@@H]1O. The summed E-state index contributed by atoms with van der Waals surface area (Å²) < 4.78 is 5.26. The van der Waals surface area contributed by atoms with Gasteiger partial charge in [0, 0.05) is 7.05 Å². The lowest BCUT2D eigenvalue weighted by Crippen LogP contribution is -2.61. The third-order valence-corrected chi connectivity index (χ3v) is 2.73. The van der Waals surface area contributed by atoms with Crippen LogP contribution in [-0.2, 0) is 9.53 Å². The maximum Gasteiger partial charge on any atom is 0.247 e. The van der Waals surface area contributed by atoms with Crippen LogP contribution < -0.4 is 0 Å².